The van der Waals surface area contributed by atoms with Crippen molar-refractivity contribution in [3.8, 4) is 11.5 Å². The van der Waals surface area contributed by atoms with Crippen LogP contribution in [0.2, 0.25) is 0 Å². The van der Waals surface area contributed by atoms with Crippen LogP contribution in [0.3, 0.4) is 0 Å². The topological polar surface area (TPSA) is 76.1 Å². The third-order valence-electron chi connectivity index (χ3n) is 5.40. The Bertz CT molecular complexity index is 1180. The van der Waals surface area contributed by atoms with Crippen LogP contribution >= 0.6 is 0 Å². The van der Waals surface area contributed by atoms with Crippen molar-refractivity contribution in [2.24, 2.45) is 0 Å². The van der Waals surface area contributed by atoms with E-state index in [1.807, 2.05) is 32.0 Å². The first kappa shape index (κ1) is 22.1. The maximum absolute atomic E-state index is 13.2. The van der Waals surface area contributed by atoms with Gasteiger partial charge in [-0.05, 0) is 55.8 Å². The van der Waals surface area contributed by atoms with Gasteiger partial charge in [0.25, 0.3) is 11.7 Å². The predicted molar refractivity (Wildman–Crippen MR) is 126 cm³/mol. The molecule has 1 amide bonds. The van der Waals surface area contributed by atoms with Crippen LogP contribution in [-0.2, 0) is 9.59 Å². The van der Waals surface area contributed by atoms with Crippen molar-refractivity contribution in [3.05, 3.63) is 95.6 Å². The van der Waals surface area contributed by atoms with Gasteiger partial charge < -0.3 is 14.6 Å². The third-order valence-corrected chi connectivity index (χ3v) is 5.40. The molecule has 4 rings (SSSR count). The fourth-order valence-electron chi connectivity index (χ4n) is 3.98. The van der Waals surface area contributed by atoms with E-state index in [1.54, 1.807) is 60.7 Å². The molecular formula is C27H25NO5. The number of carbonyl (C=O) groups excluding carboxylic acids is 2. The number of anilines is 1. The number of hydrogen-bond acceptors (Lipinski definition) is 5. The van der Waals surface area contributed by atoms with Crippen molar-refractivity contribution in [3.63, 3.8) is 0 Å². The van der Waals surface area contributed by atoms with Gasteiger partial charge in [-0.25, -0.2) is 0 Å². The van der Waals surface area contributed by atoms with Crippen LogP contribution in [0, 0.1) is 0 Å². The van der Waals surface area contributed by atoms with Gasteiger partial charge in [0.05, 0.1) is 24.8 Å². The van der Waals surface area contributed by atoms with Crippen LogP contribution in [0.15, 0.2) is 84.4 Å². The number of ketones is 1. The lowest BCUT2D eigenvalue weighted by molar-refractivity contribution is -0.132. The molecule has 0 aromatic heterocycles. The zero-order valence-electron chi connectivity index (χ0n) is 18.5. The van der Waals surface area contributed by atoms with Crippen molar-refractivity contribution in [2.75, 3.05) is 18.1 Å². The lowest BCUT2D eigenvalue weighted by Gasteiger charge is -2.26. The maximum atomic E-state index is 13.2. The van der Waals surface area contributed by atoms with Gasteiger partial charge in [-0.2, -0.15) is 0 Å². The molecule has 0 bridgehead atoms. The van der Waals surface area contributed by atoms with Gasteiger partial charge in [-0.3, -0.25) is 14.5 Å². The Balaban J connectivity index is 1.89. The molecule has 33 heavy (non-hydrogen) atoms. The summed E-state index contributed by atoms with van der Waals surface area (Å²) in [6, 6.07) is 22.1. The zero-order chi connectivity index (χ0) is 23.4. The monoisotopic (exact) mass is 443 g/mol. The predicted octanol–water partition coefficient (Wildman–Crippen LogP) is 5.11. The van der Waals surface area contributed by atoms with E-state index in [0.29, 0.717) is 41.5 Å². The minimum absolute atomic E-state index is 0.0359. The first-order chi connectivity index (χ1) is 16.0. The van der Waals surface area contributed by atoms with Crippen LogP contribution in [0.4, 0.5) is 5.69 Å². The van der Waals surface area contributed by atoms with Crippen LogP contribution in [0.1, 0.15) is 31.0 Å². The minimum Gasteiger partial charge on any atom is -0.507 e. The molecule has 1 unspecified atom stereocenters. The molecule has 168 valence electrons. The molecule has 0 saturated carbocycles. The van der Waals surface area contributed by atoms with Crippen LogP contribution in [0.5, 0.6) is 11.5 Å². The van der Waals surface area contributed by atoms with Gasteiger partial charge in [-0.15, -0.1) is 0 Å². The summed E-state index contributed by atoms with van der Waals surface area (Å²) in [7, 11) is 0. The molecule has 6 nitrogen and oxygen atoms in total. The highest BCUT2D eigenvalue weighted by Crippen LogP contribution is 2.43. The minimum atomic E-state index is -0.816. The van der Waals surface area contributed by atoms with Gasteiger partial charge in [0.1, 0.15) is 17.3 Å². The second kappa shape index (κ2) is 9.61. The molecule has 1 N–H and O–H groups in total. The van der Waals surface area contributed by atoms with E-state index >= 15 is 0 Å². The molecule has 0 spiro atoms. The first-order valence-electron chi connectivity index (χ1n) is 10.9. The Morgan fingerprint density at radius 1 is 0.848 bits per heavy atom. The van der Waals surface area contributed by atoms with E-state index < -0.39 is 17.7 Å². The molecular weight excluding hydrogens is 418 g/mol. The van der Waals surface area contributed by atoms with Crippen molar-refractivity contribution in [1.29, 1.82) is 0 Å². The number of rotatable bonds is 7. The Morgan fingerprint density at radius 3 is 2.18 bits per heavy atom. The van der Waals surface area contributed by atoms with Gasteiger partial charge in [-0.1, -0.05) is 42.5 Å². The van der Waals surface area contributed by atoms with Crippen molar-refractivity contribution in [2.45, 2.75) is 19.9 Å². The molecule has 1 fully saturated rings. The van der Waals surface area contributed by atoms with Crippen molar-refractivity contribution >= 4 is 23.1 Å². The SMILES string of the molecule is CCOc1ccc(N2C(=O)C(=O)/C(=C(\O)c3ccccc3)C2c2cccc(OCC)c2)cc1. The number of carbonyl (C=O) groups is 2. The number of nitrogens with zero attached hydrogens (tertiary/aromatic N) is 1. The summed E-state index contributed by atoms with van der Waals surface area (Å²) >= 11 is 0. The zero-order valence-corrected chi connectivity index (χ0v) is 18.5. The number of amides is 1. The second-order valence-electron chi connectivity index (χ2n) is 7.47. The summed E-state index contributed by atoms with van der Waals surface area (Å²) in [6.45, 7) is 4.77. The standard InChI is InChI=1S/C27H25NO5/c1-3-32-21-15-13-20(14-16-21)28-24(19-11-8-12-22(17-19)33-4-2)23(26(30)27(28)31)25(29)18-9-6-5-7-10-18/h5-17,24,29H,3-4H2,1-2H3/b25-23-. The van der Waals surface area contributed by atoms with Crippen LogP contribution in [0.25, 0.3) is 5.76 Å². The Morgan fingerprint density at radius 2 is 1.52 bits per heavy atom. The lowest BCUT2D eigenvalue weighted by atomic mass is 9.95. The molecule has 6 heteroatoms. The molecule has 1 aliphatic heterocycles. The smallest absolute Gasteiger partial charge is 0.300 e. The van der Waals surface area contributed by atoms with Gasteiger partial charge in [0.15, 0.2) is 0 Å². The van der Waals surface area contributed by atoms with Crippen LogP contribution in [-0.4, -0.2) is 30.0 Å². The highest BCUT2D eigenvalue weighted by atomic mass is 16.5. The molecule has 1 heterocycles. The van der Waals surface area contributed by atoms with E-state index in [1.165, 1.54) is 4.90 Å². The second-order valence-corrected chi connectivity index (χ2v) is 7.47. The van der Waals surface area contributed by atoms with E-state index in [2.05, 4.69) is 0 Å². The van der Waals surface area contributed by atoms with Crippen molar-refractivity contribution < 1.29 is 24.2 Å². The van der Waals surface area contributed by atoms with E-state index in [9.17, 15) is 14.7 Å². The Labute approximate surface area is 192 Å². The number of benzene rings is 3. The summed E-state index contributed by atoms with van der Waals surface area (Å²) in [5.74, 6) is -0.376. The van der Waals surface area contributed by atoms with Gasteiger partial charge >= 0.3 is 0 Å². The highest BCUT2D eigenvalue weighted by Gasteiger charge is 2.47. The Hall–Kier alpha value is -4.06. The molecule has 1 saturated heterocycles. The van der Waals surface area contributed by atoms with Crippen LogP contribution < -0.4 is 14.4 Å². The van der Waals surface area contributed by atoms with Crippen molar-refractivity contribution in [1.82, 2.24) is 0 Å². The summed E-state index contributed by atoms with van der Waals surface area (Å²) in [6.07, 6.45) is 0. The average Bonchev–Trinajstić information content (AvgIpc) is 3.11. The summed E-state index contributed by atoms with van der Waals surface area (Å²) < 4.78 is 11.1. The summed E-state index contributed by atoms with van der Waals surface area (Å²) in [5, 5.41) is 11.1. The van der Waals surface area contributed by atoms with E-state index in [4.69, 9.17) is 9.47 Å². The Kier molecular flexibility index (Phi) is 6.45. The largest absolute Gasteiger partial charge is 0.507 e. The molecule has 3 aromatic rings. The highest BCUT2D eigenvalue weighted by molar-refractivity contribution is 6.51. The molecule has 1 aliphatic rings. The lowest BCUT2D eigenvalue weighted by Crippen LogP contribution is -2.29. The normalized spacial score (nSPS) is 17.3. The first-order valence-corrected chi connectivity index (χ1v) is 10.9. The van der Waals surface area contributed by atoms with Gasteiger partial charge in [0.2, 0.25) is 0 Å². The molecule has 1 atom stereocenters. The third kappa shape index (κ3) is 4.32. The average molecular weight is 443 g/mol. The fourth-order valence-corrected chi connectivity index (χ4v) is 3.98. The number of aliphatic hydroxyl groups excluding tert-OH is 1. The van der Waals surface area contributed by atoms with E-state index in [-0.39, 0.29) is 11.3 Å². The maximum Gasteiger partial charge on any atom is 0.300 e. The summed E-state index contributed by atoms with van der Waals surface area (Å²) in [5.41, 5.74) is 1.69. The number of hydrogen-bond donors (Lipinski definition) is 1. The number of Topliss-reactive ketones (excluding diaryl/α,β-unsaturated/α-hetero) is 1. The summed E-state index contributed by atoms with van der Waals surface area (Å²) in [4.78, 5) is 27.8. The molecule has 3 aromatic carbocycles. The van der Waals surface area contributed by atoms with E-state index in [0.717, 1.165) is 0 Å². The molecule has 0 aliphatic carbocycles. The number of ether oxygens (including phenoxy) is 2. The quantitative estimate of drug-likeness (QED) is 0.312. The number of aliphatic hydroxyl groups is 1. The van der Waals surface area contributed by atoms with Gasteiger partial charge in [0, 0.05) is 11.3 Å². The fraction of sp³-hybridized carbons (Fsp3) is 0.185. The molecule has 0 radical (unpaired) electrons.